The first-order chi connectivity index (χ1) is 13.9. The summed E-state index contributed by atoms with van der Waals surface area (Å²) in [5.41, 5.74) is 4.95. The Labute approximate surface area is 173 Å². The van der Waals surface area contributed by atoms with Crippen LogP contribution < -0.4 is 4.90 Å². The number of likely N-dealkylation sites (tertiary alicyclic amines) is 1. The summed E-state index contributed by atoms with van der Waals surface area (Å²) in [4.78, 5) is 17.4. The van der Waals surface area contributed by atoms with Gasteiger partial charge in [-0.05, 0) is 68.1 Å². The zero-order valence-electron chi connectivity index (χ0n) is 17.7. The van der Waals surface area contributed by atoms with Crippen LogP contribution in [0.4, 0.5) is 10.1 Å². The van der Waals surface area contributed by atoms with Crippen molar-refractivity contribution in [3.8, 4) is 0 Å². The van der Waals surface area contributed by atoms with Crippen molar-refractivity contribution in [3.05, 3.63) is 65.0 Å². The smallest absolute Gasteiger partial charge is 0.227 e. The molecule has 4 heteroatoms. The van der Waals surface area contributed by atoms with E-state index in [0.717, 1.165) is 50.3 Å². The van der Waals surface area contributed by atoms with Gasteiger partial charge in [0.05, 0.1) is 0 Å². The molecule has 2 heterocycles. The third-order valence-electron chi connectivity index (χ3n) is 6.49. The lowest BCUT2D eigenvalue weighted by atomic mass is 9.74. The molecule has 2 aliphatic heterocycles. The minimum Gasteiger partial charge on any atom is -0.311 e. The second kappa shape index (κ2) is 7.91. The minimum atomic E-state index is -0.185. The Balaban J connectivity index is 1.52. The van der Waals surface area contributed by atoms with Crippen molar-refractivity contribution in [2.45, 2.75) is 52.0 Å². The highest BCUT2D eigenvalue weighted by atomic mass is 19.1. The van der Waals surface area contributed by atoms with Gasteiger partial charge in [0.1, 0.15) is 5.82 Å². The largest absolute Gasteiger partial charge is 0.311 e. The van der Waals surface area contributed by atoms with Crippen LogP contribution in [0.25, 0.3) is 0 Å². The monoisotopic (exact) mass is 394 g/mol. The van der Waals surface area contributed by atoms with Gasteiger partial charge < -0.3 is 4.90 Å². The van der Waals surface area contributed by atoms with Gasteiger partial charge in [-0.2, -0.15) is 0 Å². The normalized spacial score (nSPS) is 18.4. The molecule has 0 N–H and O–H groups in total. The number of carbonyl (C=O) groups excluding carboxylic acids is 1. The maximum Gasteiger partial charge on any atom is 0.227 e. The molecule has 0 aromatic heterocycles. The van der Waals surface area contributed by atoms with E-state index in [1.807, 2.05) is 17.0 Å². The summed E-state index contributed by atoms with van der Waals surface area (Å²) in [7, 11) is 0. The van der Waals surface area contributed by atoms with Gasteiger partial charge in [0.2, 0.25) is 5.91 Å². The van der Waals surface area contributed by atoms with Crippen molar-refractivity contribution in [1.82, 2.24) is 4.90 Å². The van der Waals surface area contributed by atoms with Crippen molar-refractivity contribution in [3.63, 3.8) is 0 Å². The first kappa shape index (κ1) is 20.1. The highest BCUT2D eigenvalue weighted by Gasteiger charge is 2.46. The Morgan fingerprint density at radius 1 is 1.10 bits per heavy atom. The van der Waals surface area contributed by atoms with Crippen LogP contribution in [0, 0.1) is 18.7 Å². The van der Waals surface area contributed by atoms with Gasteiger partial charge in [-0.1, -0.05) is 43.7 Å². The summed E-state index contributed by atoms with van der Waals surface area (Å²) >= 11 is 0. The van der Waals surface area contributed by atoms with Crippen LogP contribution >= 0.6 is 0 Å². The van der Waals surface area contributed by atoms with E-state index in [-0.39, 0.29) is 17.1 Å². The number of nitrogens with zero attached hydrogens (tertiary/aromatic N) is 2. The third kappa shape index (κ3) is 4.09. The number of hydrogen-bond donors (Lipinski definition) is 0. The quantitative estimate of drug-likeness (QED) is 0.724. The van der Waals surface area contributed by atoms with Gasteiger partial charge in [-0.15, -0.1) is 0 Å². The van der Waals surface area contributed by atoms with Gasteiger partial charge in [-0.25, -0.2) is 4.39 Å². The van der Waals surface area contributed by atoms with E-state index in [1.54, 1.807) is 0 Å². The fraction of sp³-hybridized carbons (Fsp3) is 0.480. The highest BCUT2D eigenvalue weighted by Crippen LogP contribution is 2.47. The van der Waals surface area contributed by atoms with Gasteiger partial charge in [0.15, 0.2) is 0 Å². The second-order valence-electron chi connectivity index (χ2n) is 9.28. The first-order valence-corrected chi connectivity index (χ1v) is 10.7. The molecule has 2 aliphatic rings. The zero-order chi connectivity index (χ0) is 20.6. The lowest BCUT2D eigenvalue weighted by Crippen LogP contribution is -2.45. The van der Waals surface area contributed by atoms with Gasteiger partial charge in [0.25, 0.3) is 0 Å². The predicted octanol–water partition coefficient (Wildman–Crippen LogP) is 5.06. The maximum absolute atomic E-state index is 13.2. The van der Waals surface area contributed by atoms with Crippen LogP contribution in [0.15, 0.2) is 42.5 Å². The average molecular weight is 395 g/mol. The van der Waals surface area contributed by atoms with E-state index in [2.05, 4.69) is 43.9 Å². The zero-order valence-corrected chi connectivity index (χ0v) is 17.7. The molecule has 2 aromatic carbocycles. The molecule has 0 bridgehead atoms. The molecule has 0 unspecified atom stereocenters. The second-order valence-corrected chi connectivity index (χ2v) is 9.28. The molecule has 154 valence electrons. The summed E-state index contributed by atoms with van der Waals surface area (Å²) in [6.45, 7) is 10.0. The molecule has 1 fully saturated rings. The Bertz CT molecular complexity index is 882. The number of anilines is 1. The lowest BCUT2D eigenvalue weighted by molar-refractivity contribution is -0.119. The van der Waals surface area contributed by atoms with Gasteiger partial charge in [-0.3, -0.25) is 9.69 Å². The molecule has 1 amide bonds. The minimum absolute atomic E-state index is 0.0628. The topological polar surface area (TPSA) is 23.6 Å². The Kier molecular flexibility index (Phi) is 5.48. The van der Waals surface area contributed by atoms with E-state index >= 15 is 0 Å². The van der Waals surface area contributed by atoms with Crippen LogP contribution in [-0.4, -0.2) is 30.4 Å². The van der Waals surface area contributed by atoms with Gasteiger partial charge in [0, 0.05) is 30.6 Å². The first-order valence-electron chi connectivity index (χ1n) is 10.7. The van der Waals surface area contributed by atoms with Crippen molar-refractivity contribution < 1.29 is 9.18 Å². The number of amides is 1. The summed E-state index contributed by atoms with van der Waals surface area (Å²) in [5, 5.41) is 0. The molecule has 29 heavy (non-hydrogen) atoms. The van der Waals surface area contributed by atoms with Crippen molar-refractivity contribution in [2.24, 2.45) is 5.92 Å². The van der Waals surface area contributed by atoms with Crippen molar-refractivity contribution in [2.75, 3.05) is 24.5 Å². The molecule has 1 spiro atoms. The van der Waals surface area contributed by atoms with Crippen molar-refractivity contribution >= 4 is 11.6 Å². The molecular formula is C25H31FN2O. The van der Waals surface area contributed by atoms with Crippen molar-refractivity contribution in [1.29, 1.82) is 0 Å². The maximum atomic E-state index is 13.2. The van der Waals surface area contributed by atoms with E-state index < -0.39 is 0 Å². The summed E-state index contributed by atoms with van der Waals surface area (Å²) < 4.78 is 13.2. The van der Waals surface area contributed by atoms with Crippen LogP contribution in [0.3, 0.4) is 0 Å². The molecule has 0 radical (unpaired) electrons. The highest BCUT2D eigenvalue weighted by molar-refractivity contribution is 5.96. The number of aryl methyl sites for hydroxylation is 1. The number of carbonyl (C=O) groups is 1. The van der Waals surface area contributed by atoms with E-state index in [0.29, 0.717) is 12.3 Å². The summed E-state index contributed by atoms with van der Waals surface area (Å²) in [6.07, 6.45) is 2.70. The number of rotatable bonds is 4. The lowest BCUT2D eigenvalue weighted by Gasteiger charge is -2.40. The molecule has 0 aliphatic carbocycles. The van der Waals surface area contributed by atoms with E-state index in [9.17, 15) is 9.18 Å². The SMILES string of the molecule is Cc1ccc2c(c1)C1(CCN(Cc3ccc(F)cc3)CC1)CN2C(=O)CC(C)C. The molecule has 0 atom stereocenters. The number of benzene rings is 2. The Hall–Kier alpha value is -2.20. The Morgan fingerprint density at radius 2 is 1.79 bits per heavy atom. The average Bonchev–Trinajstić information content (AvgIpc) is 2.99. The molecule has 2 aromatic rings. The predicted molar refractivity (Wildman–Crippen MR) is 116 cm³/mol. The third-order valence-corrected chi connectivity index (χ3v) is 6.49. The Morgan fingerprint density at radius 3 is 2.45 bits per heavy atom. The molecular weight excluding hydrogens is 363 g/mol. The number of hydrogen-bond acceptors (Lipinski definition) is 2. The number of piperidine rings is 1. The van der Waals surface area contributed by atoms with Crippen LogP contribution in [0.2, 0.25) is 0 Å². The molecule has 1 saturated heterocycles. The fourth-order valence-electron chi connectivity index (χ4n) is 4.88. The number of fused-ring (bicyclic) bond motifs is 2. The van der Waals surface area contributed by atoms with E-state index in [1.165, 1.54) is 23.3 Å². The van der Waals surface area contributed by atoms with Crippen LogP contribution in [-0.2, 0) is 16.8 Å². The molecule has 3 nitrogen and oxygen atoms in total. The van der Waals surface area contributed by atoms with Gasteiger partial charge >= 0.3 is 0 Å². The summed E-state index contributed by atoms with van der Waals surface area (Å²) in [5.74, 6) is 0.427. The molecule has 4 rings (SSSR count). The van der Waals surface area contributed by atoms with Crippen LogP contribution in [0.5, 0.6) is 0 Å². The fourth-order valence-corrected chi connectivity index (χ4v) is 4.88. The molecule has 0 saturated carbocycles. The number of halogens is 1. The standard InChI is InChI=1S/C25H31FN2O/c1-18(2)14-24(29)28-17-25(22-15-19(3)4-9-23(22)28)10-12-27(13-11-25)16-20-5-7-21(26)8-6-20/h4-9,15,18H,10-14,16-17H2,1-3H3. The van der Waals surface area contributed by atoms with E-state index in [4.69, 9.17) is 0 Å². The van der Waals surface area contributed by atoms with Crippen LogP contribution in [0.1, 0.15) is 49.8 Å². The summed E-state index contributed by atoms with van der Waals surface area (Å²) in [6, 6.07) is 13.4.